The van der Waals surface area contributed by atoms with Crippen LogP contribution in [0.25, 0.3) is 0 Å². The zero-order chi connectivity index (χ0) is 57.9. The molecule has 0 saturated heterocycles. The molecule has 0 bridgehead atoms. The van der Waals surface area contributed by atoms with E-state index in [4.69, 9.17) is 90.5 Å². The van der Waals surface area contributed by atoms with Crippen molar-refractivity contribution in [3.8, 4) is 0 Å². The van der Waals surface area contributed by atoms with Crippen molar-refractivity contribution >= 4 is 116 Å². The van der Waals surface area contributed by atoms with Gasteiger partial charge in [-0.3, -0.25) is 9.59 Å². The number of carbonyl (C=O) groups excluding carboxylic acids is 4. The first-order valence-corrected chi connectivity index (χ1v) is 30.7. The quantitative estimate of drug-likeness (QED) is 0.0173. The third-order valence-electron chi connectivity index (χ3n) is 15.4. The van der Waals surface area contributed by atoms with E-state index < -0.39 is 60.0 Å². The lowest BCUT2D eigenvalue weighted by Crippen LogP contribution is -2.37. The molecule has 0 radical (unpaired) electrons. The van der Waals surface area contributed by atoms with E-state index in [2.05, 4.69) is 0 Å². The van der Waals surface area contributed by atoms with Crippen LogP contribution in [0.1, 0.15) is 124 Å². The molecule has 438 valence electrons. The van der Waals surface area contributed by atoms with Crippen LogP contribution < -0.4 is 11.5 Å². The van der Waals surface area contributed by atoms with E-state index >= 15 is 0 Å². The molecular weight excluding hydrogens is 1180 g/mol. The van der Waals surface area contributed by atoms with Crippen LogP contribution in [-0.4, -0.2) is 117 Å². The van der Waals surface area contributed by atoms with Gasteiger partial charge < -0.3 is 51.6 Å². The van der Waals surface area contributed by atoms with Crippen LogP contribution in [0, 0.1) is 34.5 Å². The topological polar surface area (TPSA) is 260 Å². The molecule has 0 unspecified atom stereocenters. The lowest BCUT2D eigenvalue weighted by molar-refractivity contribution is -0.119. The highest BCUT2D eigenvalue weighted by molar-refractivity contribution is 7.14. The van der Waals surface area contributed by atoms with Crippen molar-refractivity contribution in [2.75, 3.05) is 39.6 Å². The zero-order valence-electron chi connectivity index (χ0n) is 44.0. The highest BCUT2D eigenvalue weighted by Gasteiger charge is 2.42. The second-order valence-corrected chi connectivity index (χ2v) is 26.5. The Kier molecular flexibility index (Phi) is 27.9. The molecule has 10 N–H and O–H groups in total. The summed E-state index contributed by atoms with van der Waals surface area (Å²) in [7, 11) is 0. The number of thiophene rings is 2. The molecule has 0 spiro atoms. The minimum atomic E-state index is -1.12. The van der Waals surface area contributed by atoms with Crippen LogP contribution in [0.4, 0.5) is 0 Å². The largest absolute Gasteiger partial charge is 0.461 e. The summed E-state index contributed by atoms with van der Waals surface area (Å²) in [6.45, 7) is -2.01. The van der Waals surface area contributed by atoms with Crippen molar-refractivity contribution in [1.82, 2.24) is 0 Å². The number of aliphatic hydroxyl groups excluding tert-OH is 6. The zero-order valence-corrected chi connectivity index (χ0v) is 50.2. The van der Waals surface area contributed by atoms with E-state index in [9.17, 15) is 49.8 Å². The number of hydrogen-bond donors (Lipinski definition) is 8. The van der Waals surface area contributed by atoms with Crippen molar-refractivity contribution in [2.24, 2.45) is 46.0 Å². The molecule has 6 rings (SSSR count). The summed E-state index contributed by atoms with van der Waals surface area (Å²) < 4.78 is 10.8. The maximum absolute atomic E-state index is 12.6. The Morgan fingerprint density at radius 2 is 0.899 bits per heavy atom. The van der Waals surface area contributed by atoms with Gasteiger partial charge in [-0.25, -0.2) is 9.59 Å². The molecule has 8 atom stereocenters. The van der Waals surface area contributed by atoms with Crippen molar-refractivity contribution in [3.05, 3.63) is 111 Å². The van der Waals surface area contributed by atoms with E-state index in [1.807, 2.05) is 36.4 Å². The number of ether oxygens (including phenoxy) is 2. The third kappa shape index (κ3) is 21.1. The van der Waals surface area contributed by atoms with Gasteiger partial charge in [0.1, 0.15) is 23.0 Å². The van der Waals surface area contributed by atoms with Gasteiger partial charge in [0.2, 0.25) is 11.8 Å². The molecule has 79 heavy (non-hydrogen) atoms. The van der Waals surface area contributed by atoms with Gasteiger partial charge >= 0.3 is 11.9 Å². The summed E-state index contributed by atoms with van der Waals surface area (Å²) in [5, 5.41) is 62.5. The molecule has 2 aromatic heterocycles. The molecule has 2 aliphatic carbocycles. The fourth-order valence-electron chi connectivity index (χ4n) is 10.7. The van der Waals surface area contributed by atoms with E-state index in [0.29, 0.717) is 55.5 Å². The number of amides is 2. The first-order chi connectivity index (χ1) is 37.6. The van der Waals surface area contributed by atoms with Gasteiger partial charge in [-0.1, -0.05) is 46.4 Å². The number of rotatable bonds is 31. The fourth-order valence-corrected chi connectivity index (χ4v) is 14.7. The normalized spacial score (nSPS) is 21.2. The predicted octanol–water partition coefficient (Wildman–Crippen LogP) is 10.4. The molecule has 2 aliphatic rings. The number of nitrogens with two attached hydrogens (primary N) is 2. The molecule has 2 amide bonds. The Morgan fingerprint density at radius 1 is 0.519 bits per heavy atom. The van der Waals surface area contributed by atoms with Gasteiger partial charge in [0, 0.05) is 53.4 Å². The molecule has 2 aromatic carbocycles. The van der Waals surface area contributed by atoms with Crippen molar-refractivity contribution in [3.63, 3.8) is 0 Å². The second kappa shape index (κ2) is 32.9. The molecule has 2 heterocycles. The van der Waals surface area contributed by atoms with Crippen molar-refractivity contribution in [1.29, 1.82) is 0 Å². The lowest BCUT2D eigenvalue weighted by atomic mass is 9.85. The number of benzene rings is 2. The standard InChI is InChI=1S/C29H38Cl3NO6S.C28H36Cl3NO6S/c30-19-11-18(12-20(31)13-19)6-8-23-22(24(32)14-25(23)36)4-1-3-21-7-9-26(40-21)28(38)39-17-29(15-34,16-35)10-2-5-27(33)37;29-18-10-17(11-19(30)12-18)4-6-22-21(23(31)13-24(22)35)3-1-2-20-5-7-25(39-20)27(37)38-16-28(14-33,15-34)9-8-26(32)36/h7,9,11-13,22-25,34-36H,1-6,8,10,14-17H2,(H2,33,37);5,7,10-12,21-24,33-35H,1-4,6,8-9,13-16H2,(H2,32,36)/t22-,23-,24-,25-;21-,22-,23-,24-/m11/s1. The first-order valence-electron chi connectivity index (χ1n) is 26.7. The maximum atomic E-state index is 12.6. The molecule has 14 nitrogen and oxygen atoms in total. The average Bonchev–Trinajstić information content (AvgIpc) is 4.19. The number of aliphatic hydroxyl groups is 6. The number of primary amides is 2. The minimum Gasteiger partial charge on any atom is -0.461 e. The maximum Gasteiger partial charge on any atom is 0.348 e. The Morgan fingerprint density at radius 3 is 1.27 bits per heavy atom. The molecule has 2 saturated carbocycles. The van der Waals surface area contributed by atoms with E-state index in [-0.39, 0.29) is 80.1 Å². The van der Waals surface area contributed by atoms with Gasteiger partial charge in [-0.2, -0.15) is 0 Å². The molecular formula is C57H74Cl6N2O12S2. The Labute approximate surface area is 501 Å². The van der Waals surface area contributed by atoms with Crippen LogP contribution in [-0.2, 0) is 44.7 Å². The summed E-state index contributed by atoms with van der Waals surface area (Å²) in [5.41, 5.74) is 10.3. The number of aryl methyl sites for hydroxylation is 4. The Hall–Kier alpha value is -2.78. The predicted molar refractivity (Wildman–Crippen MR) is 314 cm³/mol. The van der Waals surface area contributed by atoms with E-state index in [1.165, 1.54) is 22.7 Å². The summed E-state index contributed by atoms with van der Waals surface area (Å²) in [6.07, 6.45) is 9.28. The smallest absolute Gasteiger partial charge is 0.348 e. The van der Waals surface area contributed by atoms with Gasteiger partial charge in [-0.15, -0.1) is 45.9 Å². The first kappa shape index (κ1) is 67.0. The summed E-state index contributed by atoms with van der Waals surface area (Å²) in [4.78, 5) is 50.3. The van der Waals surface area contributed by atoms with Gasteiger partial charge in [0.15, 0.2) is 0 Å². The molecule has 22 heteroatoms. The van der Waals surface area contributed by atoms with Crippen LogP contribution in [0.15, 0.2) is 60.7 Å². The fraction of sp³-hybridized carbons (Fsp3) is 0.579. The number of hydrogen-bond acceptors (Lipinski definition) is 14. The van der Waals surface area contributed by atoms with Crippen molar-refractivity contribution in [2.45, 2.75) is 132 Å². The van der Waals surface area contributed by atoms with E-state index in [1.54, 1.807) is 24.3 Å². The Balaban J connectivity index is 0.000000291. The lowest BCUT2D eigenvalue weighted by Gasteiger charge is -2.28. The van der Waals surface area contributed by atoms with Gasteiger partial charge in [0.05, 0.1) is 49.5 Å². The number of carbonyl (C=O) groups is 4. The SMILES string of the molecule is NC(=O)CCC(CO)(CO)COC(=O)c1ccc(CCC[C@@H]2[C@@H](CCc3cc(Cl)cc(Cl)c3)[C@H](O)C[C@H]2Cl)s1.NC(=O)CCCC(CO)(CO)COC(=O)c1ccc(CCC[C@@H]2[C@@H](CCc3cc(Cl)cc(Cl)c3)[C@H](O)C[C@H]2Cl)s1. The highest BCUT2D eigenvalue weighted by atomic mass is 35.5. The summed E-state index contributed by atoms with van der Waals surface area (Å²) >= 11 is 40.5. The molecule has 0 aliphatic heterocycles. The summed E-state index contributed by atoms with van der Waals surface area (Å²) in [6, 6.07) is 18.2. The van der Waals surface area contributed by atoms with Crippen LogP contribution >= 0.6 is 92.3 Å². The molecule has 2 fully saturated rings. The van der Waals surface area contributed by atoms with Crippen LogP contribution in [0.2, 0.25) is 20.1 Å². The Bertz CT molecular complexity index is 2540. The number of esters is 2. The van der Waals surface area contributed by atoms with Crippen molar-refractivity contribution < 1.29 is 59.3 Å². The molecule has 4 aromatic rings. The van der Waals surface area contributed by atoms with E-state index in [0.717, 1.165) is 85.1 Å². The van der Waals surface area contributed by atoms with Crippen LogP contribution in [0.3, 0.4) is 0 Å². The monoisotopic (exact) mass is 1250 g/mol. The number of halogens is 6. The minimum absolute atomic E-state index is 0.0290. The van der Waals surface area contributed by atoms with Crippen LogP contribution in [0.5, 0.6) is 0 Å². The average molecular weight is 1260 g/mol. The third-order valence-corrected chi connectivity index (χ3v) is 19.5. The van der Waals surface area contributed by atoms with Gasteiger partial charge in [-0.05, 0) is 192 Å². The summed E-state index contributed by atoms with van der Waals surface area (Å²) in [5.74, 6) is -1.52. The highest BCUT2D eigenvalue weighted by Crippen LogP contribution is 2.44. The number of alkyl halides is 2. The second-order valence-electron chi connectivity index (χ2n) is 21.3. The van der Waals surface area contributed by atoms with Gasteiger partial charge in [0.25, 0.3) is 0 Å².